The number of ketones is 1. The number of nitrogens with one attached hydrogen (secondary N) is 1. The van der Waals surface area contributed by atoms with Crippen molar-refractivity contribution in [3.63, 3.8) is 0 Å². The van der Waals surface area contributed by atoms with Gasteiger partial charge < -0.3 is 9.47 Å². The minimum absolute atomic E-state index is 0.0276. The molecule has 1 aliphatic carbocycles. The second-order valence-electron chi connectivity index (χ2n) is 10.5. The van der Waals surface area contributed by atoms with Gasteiger partial charge in [0.15, 0.2) is 11.4 Å². The van der Waals surface area contributed by atoms with Gasteiger partial charge in [-0.05, 0) is 55.6 Å². The number of hydrogen-bond acceptors (Lipinski definition) is 6. The zero-order chi connectivity index (χ0) is 25.5. The number of nitrogens with zero attached hydrogens (tertiary/aromatic N) is 4. The summed E-state index contributed by atoms with van der Waals surface area (Å²) in [6.45, 7) is 12.4. The van der Waals surface area contributed by atoms with Crippen molar-refractivity contribution in [3.8, 4) is 11.6 Å². The van der Waals surface area contributed by atoms with Crippen LogP contribution in [0, 0.1) is 12.3 Å². The predicted octanol–water partition coefficient (Wildman–Crippen LogP) is 4.95. The van der Waals surface area contributed by atoms with Gasteiger partial charge in [-0.2, -0.15) is 4.52 Å². The van der Waals surface area contributed by atoms with Gasteiger partial charge >= 0.3 is 0 Å². The molecule has 0 unspecified atom stereocenters. The summed E-state index contributed by atoms with van der Waals surface area (Å²) in [5.41, 5.74) is 3.99. The summed E-state index contributed by atoms with van der Waals surface area (Å²) in [5, 5.41) is 17.7. The topological polar surface area (TPSA) is 94.5 Å². The minimum atomic E-state index is -0.172. The highest BCUT2D eigenvalue weighted by molar-refractivity contribution is 5.99. The molecule has 1 saturated carbocycles. The van der Waals surface area contributed by atoms with Crippen LogP contribution in [-0.4, -0.2) is 38.4 Å². The van der Waals surface area contributed by atoms with Crippen molar-refractivity contribution in [1.82, 2.24) is 19.4 Å². The highest BCUT2D eigenvalue weighted by Gasteiger charge is 2.31. The summed E-state index contributed by atoms with van der Waals surface area (Å²) in [6, 6.07) is 6.00. The number of carbonyl (C=O) groups is 1. The molecular formula is C27H37N5O3. The summed E-state index contributed by atoms with van der Waals surface area (Å²) in [7, 11) is 1.61. The zero-order valence-electron chi connectivity index (χ0n) is 21.9. The molecule has 35 heavy (non-hydrogen) atoms. The molecule has 0 amide bonds. The fraction of sp³-hybridized carbons (Fsp3) is 0.556. The molecule has 2 aromatic heterocycles. The normalized spacial score (nSPS) is 14.1. The van der Waals surface area contributed by atoms with E-state index in [-0.39, 0.29) is 29.5 Å². The molecule has 188 valence electrons. The molecule has 0 radical (unpaired) electrons. The maximum atomic E-state index is 13.6. The Morgan fingerprint density at radius 3 is 2.43 bits per heavy atom. The quantitative estimate of drug-likeness (QED) is 0.438. The van der Waals surface area contributed by atoms with E-state index in [1.54, 1.807) is 7.11 Å². The number of aryl methyl sites for hydroxylation is 1. The van der Waals surface area contributed by atoms with Crippen LogP contribution in [0.5, 0.6) is 11.6 Å². The lowest BCUT2D eigenvalue weighted by atomic mass is 9.83. The standard InChI is InChI=1S/C27H37N5O3/c1-8-19(9-2)35-23-12-16(3)25-30-31(26(28)32(25)29-23)15-22(33)20-13-18(17-10-11-17)14-21(24(20)34-7)27(4,5)6/h12-14,17,19,28H,8-11,15H2,1-7H3. The second-order valence-corrected chi connectivity index (χ2v) is 10.5. The van der Waals surface area contributed by atoms with Gasteiger partial charge in [0.05, 0.1) is 18.8 Å². The monoisotopic (exact) mass is 479 g/mol. The highest BCUT2D eigenvalue weighted by Crippen LogP contribution is 2.44. The molecule has 2 heterocycles. The highest BCUT2D eigenvalue weighted by atomic mass is 16.5. The Morgan fingerprint density at radius 2 is 1.86 bits per heavy atom. The summed E-state index contributed by atoms with van der Waals surface area (Å²) in [4.78, 5) is 13.6. The van der Waals surface area contributed by atoms with E-state index in [9.17, 15) is 4.79 Å². The molecule has 8 nitrogen and oxygen atoms in total. The van der Waals surface area contributed by atoms with E-state index in [0.29, 0.717) is 28.8 Å². The number of fused-ring (bicyclic) bond motifs is 1. The van der Waals surface area contributed by atoms with Gasteiger partial charge in [0.25, 0.3) is 0 Å². The van der Waals surface area contributed by atoms with E-state index in [1.807, 2.05) is 19.1 Å². The minimum Gasteiger partial charge on any atom is -0.496 e. The Kier molecular flexibility index (Phi) is 6.75. The van der Waals surface area contributed by atoms with Crippen molar-refractivity contribution in [2.24, 2.45) is 0 Å². The van der Waals surface area contributed by atoms with E-state index in [2.05, 4.69) is 50.9 Å². The van der Waals surface area contributed by atoms with Crippen LogP contribution in [0.15, 0.2) is 18.2 Å². The zero-order valence-corrected chi connectivity index (χ0v) is 21.9. The second kappa shape index (κ2) is 9.47. The van der Waals surface area contributed by atoms with Crippen LogP contribution in [0.3, 0.4) is 0 Å². The number of carbonyl (C=O) groups excluding carboxylic acids is 1. The summed E-state index contributed by atoms with van der Waals surface area (Å²) in [5.74, 6) is 1.44. The van der Waals surface area contributed by atoms with Crippen LogP contribution >= 0.6 is 0 Å². The Hall–Kier alpha value is -3.16. The largest absolute Gasteiger partial charge is 0.496 e. The van der Waals surface area contributed by atoms with E-state index < -0.39 is 0 Å². The van der Waals surface area contributed by atoms with Crippen molar-refractivity contribution in [3.05, 3.63) is 46.1 Å². The van der Waals surface area contributed by atoms with Crippen LogP contribution in [0.2, 0.25) is 0 Å². The third-order valence-electron chi connectivity index (χ3n) is 6.72. The Labute approximate surface area is 206 Å². The Balaban J connectivity index is 1.72. The third kappa shape index (κ3) is 4.97. The molecule has 1 aromatic carbocycles. The smallest absolute Gasteiger partial charge is 0.242 e. The van der Waals surface area contributed by atoms with Crippen LogP contribution in [-0.2, 0) is 12.0 Å². The lowest BCUT2D eigenvalue weighted by Crippen LogP contribution is -2.27. The van der Waals surface area contributed by atoms with Gasteiger partial charge in [-0.25, -0.2) is 4.68 Å². The number of hydrogen-bond donors (Lipinski definition) is 1. The molecule has 0 bridgehead atoms. The molecule has 1 fully saturated rings. The predicted molar refractivity (Wildman–Crippen MR) is 135 cm³/mol. The van der Waals surface area contributed by atoms with E-state index >= 15 is 0 Å². The van der Waals surface area contributed by atoms with Gasteiger partial charge in [-0.1, -0.05) is 40.7 Å². The first-order valence-corrected chi connectivity index (χ1v) is 12.5. The summed E-state index contributed by atoms with van der Waals surface area (Å²) in [6.07, 6.45) is 4.11. The van der Waals surface area contributed by atoms with Gasteiger partial charge in [-0.3, -0.25) is 10.2 Å². The van der Waals surface area contributed by atoms with E-state index in [4.69, 9.17) is 14.9 Å². The average Bonchev–Trinajstić information content (AvgIpc) is 3.62. The molecule has 0 spiro atoms. The lowest BCUT2D eigenvalue weighted by Gasteiger charge is -2.25. The first-order valence-electron chi connectivity index (χ1n) is 12.5. The number of aromatic nitrogens is 4. The molecule has 0 atom stereocenters. The molecule has 4 rings (SSSR count). The molecule has 3 aromatic rings. The van der Waals surface area contributed by atoms with Crippen molar-refractivity contribution < 1.29 is 14.3 Å². The number of ether oxygens (including phenoxy) is 2. The summed E-state index contributed by atoms with van der Waals surface area (Å²) >= 11 is 0. The van der Waals surface area contributed by atoms with Crippen molar-refractivity contribution in [1.29, 1.82) is 5.41 Å². The van der Waals surface area contributed by atoms with Crippen LogP contribution in [0.1, 0.15) is 93.3 Å². The van der Waals surface area contributed by atoms with Crippen LogP contribution in [0.25, 0.3) is 5.65 Å². The van der Waals surface area contributed by atoms with E-state index in [0.717, 1.165) is 36.8 Å². The maximum absolute atomic E-state index is 13.6. The molecule has 1 N–H and O–H groups in total. The maximum Gasteiger partial charge on any atom is 0.242 e. The fourth-order valence-electron chi connectivity index (χ4n) is 4.43. The van der Waals surface area contributed by atoms with Gasteiger partial charge in [0.1, 0.15) is 12.3 Å². The summed E-state index contributed by atoms with van der Waals surface area (Å²) < 4.78 is 14.6. The van der Waals surface area contributed by atoms with E-state index in [1.165, 1.54) is 14.8 Å². The molecule has 0 aliphatic heterocycles. The third-order valence-corrected chi connectivity index (χ3v) is 6.72. The van der Waals surface area contributed by atoms with Crippen molar-refractivity contribution >= 4 is 11.4 Å². The number of benzene rings is 1. The number of Topliss-reactive ketones (excluding diaryl/α,β-unsaturated/α-hetero) is 1. The van der Waals surface area contributed by atoms with Crippen LogP contribution < -0.4 is 15.1 Å². The van der Waals surface area contributed by atoms with Gasteiger partial charge in [0, 0.05) is 17.2 Å². The molecule has 8 heteroatoms. The molecule has 1 aliphatic rings. The first-order chi connectivity index (χ1) is 16.6. The number of methoxy groups -OCH3 is 1. The SMILES string of the molecule is CCC(CC)Oc1cc(C)c2nn(CC(=O)c3cc(C4CC4)cc(C(C)(C)C)c3OC)c(=N)n2n1. The van der Waals surface area contributed by atoms with Crippen molar-refractivity contribution in [2.45, 2.75) is 91.2 Å². The first kappa shape index (κ1) is 24.9. The molecular weight excluding hydrogens is 442 g/mol. The lowest BCUT2D eigenvalue weighted by molar-refractivity contribution is 0.0962. The Morgan fingerprint density at radius 1 is 1.17 bits per heavy atom. The van der Waals surface area contributed by atoms with Crippen molar-refractivity contribution in [2.75, 3.05) is 7.11 Å². The van der Waals surface area contributed by atoms with Crippen LogP contribution in [0.4, 0.5) is 0 Å². The average molecular weight is 480 g/mol. The van der Waals surface area contributed by atoms with Gasteiger partial charge in [-0.15, -0.1) is 10.2 Å². The Bertz CT molecular complexity index is 1310. The fourth-order valence-corrected chi connectivity index (χ4v) is 4.43. The number of rotatable bonds is 9. The van der Waals surface area contributed by atoms with Gasteiger partial charge in [0.2, 0.25) is 11.5 Å². The molecule has 0 saturated heterocycles.